The number of rotatable bonds is 7. The number of hydrogen-bond donors (Lipinski definition) is 1. The molecule has 0 spiro atoms. The average molecular weight is 276 g/mol. The van der Waals surface area contributed by atoms with Crippen molar-refractivity contribution in [3.63, 3.8) is 0 Å². The third kappa shape index (κ3) is 8.21. The summed E-state index contributed by atoms with van der Waals surface area (Å²) in [5.74, 6) is -0.887. The van der Waals surface area contributed by atoms with Crippen LogP contribution in [0.1, 0.15) is 26.0 Å². The number of carboxylic acids is 1. The molecule has 4 heteroatoms. The first-order valence-corrected chi connectivity index (χ1v) is 6.72. The average Bonchev–Trinajstić information content (AvgIpc) is 2.49. The van der Waals surface area contributed by atoms with E-state index in [-0.39, 0.29) is 0 Å². The van der Waals surface area contributed by atoms with E-state index in [4.69, 9.17) is 5.11 Å². The first kappa shape index (κ1) is 18.1. The summed E-state index contributed by atoms with van der Waals surface area (Å²) in [7, 11) is 0. The second-order valence-corrected chi connectivity index (χ2v) is 4.14. The van der Waals surface area contributed by atoms with E-state index in [1.807, 2.05) is 18.2 Å². The van der Waals surface area contributed by atoms with Crippen LogP contribution in [-0.4, -0.2) is 40.6 Å². The fourth-order valence-electron chi connectivity index (χ4n) is 1.44. The van der Waals surface area contributed by atoms with Gasteiger partial charge in [-0.3, -0.25) is 4.98 Å². The van der Waals surface area contributed by atoms with Gasteiger partial charge in [0.2, 0.25) is 0 Å². The van der Waals surface area contributed by atoms with Crippen LogP contribution >= 0.6 is 0 Å². The van der Waals surface area contributed by atoms with Crippen molar-refractivity contribution in [2.75, 3.05) is 19.6 Å². The summed E-state index contributed by atoms with van der Waals surface area (Å²) in [5, 5.41) is 8.52. The van der Waals surface area contributed by atoms with Gasteiger partial charge in [0.25, 0.3) is 0 Å². The Kier molecular flexibility index (Phi) is 9.87. The highest BCUT2D eigenvalue weighted by atomic mass is 16.4. The maximum absolute atomic E-state index is 10.4. The van der Waals surface area contributed by atoms with Gasteiger partial charge in [-0.2, -0.15) is 0 Å². The smallest absolute Gasteiger partial charge is 0.331 e. The van der Waals surface area contributed by atoms with Gasteiger partial charge in [0, 0.05) is 18.3 Å². The summed E-state index contributed by atoms with van der Waals surface area (Å²) < 4.78 is 0. The topological polar surface area (TPSA) is 53.4 Å². The summed E-state index contributed by atoms with van der Waals surface area (Å²) in [6, 6.07) is 5.73. The van der Waals surface area contributed by atoms with Crippen LogP contribution in [0, 0.1) is 0 Å². The Balaban J connectivity index is 0.000000388. The predicted octanol–water partition coefficient (Wildman–Crippen LogP) is 3.08. The Labute approximate surface area is 121 Å². The van der Waals surface area contributed by atoms with Crippen LogP contribution in [0.3, 0.4) is 0 Å². The molecule has 4 nitrogen and oxygen atoms in total. The number of aliphatic carboxylic acids is 1. The van der Waals surface area contributed by atoms with Gasteiger partial charge in [-0.05, 0) is 37.7 Å². The van der Waals surface area contributed by atoms with Crippen LogP contribution in [0.2, 0.25) is 0 Å². The van der Waals surface area contributed by atoms with Gasteiger partial charge >= 0.3 is 5.97 Å². The Morgan fingerprint density at radius 1 is 1.40 bits per heavy atom. The molecule has 1 aromatic heterocycles. The molecule has 0 aliphatic rings. The van der Waals surface area contributed by atoms with Crippen molar-refractivity contribution in [3.05, 3.63) is 48.8 Å². The first-order chi connectivity index (χ1) is 9.54. The molecule has 0 aliphatic heterocycles. The van der Waals surface area contributed by atoms with Gasteiger partial charge in [0.15, 0.2) is 0 Å². The molecule has 20 heavy (non-hydrogen) atoms. The van der Waals surface area contributed by atoms with Gasteiger partial charge in [-0.15, -0.1) is 0 Å². The molecule has 110 valence electrons. The Bertz CT molecular complexity index is 412. The molecular formula is C16H24N2O2. The zero-order chi connectivity index (χ0) is 15.4. The zero-order valence-corrected chi connectivity index (χ0v) is 12.4. The van der Waals surface area contributed by atoms with Crippen molar-refractivity contribution in [1.82, 2.24) is 9.88 Å². The predicted molar refractivity (Wildman–Crippen MR) is 83.5 cm³/mol. The molecule has 0 saturated carbocycles. The molecule has 1 rings (SSSR count). The highest BCUT2D eigenvalue weighted by Crippen LogP contribution is 2.00. The number of pyridine rings is 1. The molecule has 1 heterocycles. The van der Waals surface area contributed by atoms with Crippen molar-refractivity contribution >= 4 is 12.0 Å². The molecule has 1 N–H and O–H groups in total. The number of aromatic nitrogens is 1. The van der Waals surface area contributed by atoms with Crippen molar-refractivity contribution < 1.29 is 9.90 Å². The molecular weight excluding hydrogens is 252 g/mol. The first-order valence-electron chi connectivity index (χ1n) is 6.72. The van der Waals surface area contributed by atoms with E-state index in [9.17, 15) is 4.79 Å². The van der Waals surface area contributed by atoms with Crippen LogP contribution in [0.4, 0.5) is 0 Å². The summed E-state index contributed by atoms with van der Waals surface area (Å²) in [6.07, 6.45) is 4.02. The van der Waals surface area contributed by atoms with Crippen LogP contribution in [0.25, 0.3) is 6.08 Å². The standard InChI is InChI=1S/C9H17NO2.C7H7N/c1-4-10(5-2)7-6-8(3)9(11)12;1-2-7-5-3-4-6-8-7/h3-7H2,1-2H3,(H,11,12);2-6H,1H2. The zero-order valence-electron chi connectivity index (χ0n) is 12.4. The van der Waals surface area contributed by atoms with Crippen molar-refractivity contribution in [2.45, 2.75) is 20.3 Å². The summed E-state index contributed by atoms with van der Waals surface area (Å²) in [4.78, 5) is 16.5. The molecule has 0 fully saturated rings. The fraction of sp³-hybridized carbons (Fsp3) is 0.375. The number of hydrogen-bond acceptors (Lipinski definition) is 3. The van der Waals surface area contributed by atoms with E-state index in [0.29, 0.717) is 12.0 Å². The van der Waals surface area contributed by atoms with Crippen LogP contribution in [0.15, 0.2) is 43.1 Å². The molecule has 0 unspecified atom stereocenters. The lowest BCUT2D eigenvalue weighted by atomic mass is 10.2. The largest absolute Gasteiger partial charge is 0.478 e. The quantitative estimate of drug-likeness (QED) is 0.778. The van der Waals surface area contributed by atoms with Crippen molar-refractivity contribution in [2.24, 2.45) is 0 Å². The van der Waals surface area contributed by atoms with Gasteiger partial charge in [0.1, 0.15) is 0 Å². The van der Waals surface area contributed by atoms with E-state index in [0.717, 1.165) is 25.3 Å². The fourth-order valence-corrected chi connectivity index (χ4v) is 1.44. The lowest BCUT2D eigenvalue weighted by molar-refractivity contribution is -0.132. The van der Waals surface area contributed by atoms with E-state index >= 15 is 0 Å². The molecule has 0 saturated heterocycles. The lowest BCUT2D eigenvalue weighted by Crippen LogP contribution is -2.24. The Morgan fingerprint density at radius 3 is 2.40 bits per heavy atom. The monoisotopic (exact) mass is 276 g/mol. The van der Waals surface area contributed by atoms with Crippen molar-refractivity contribution in [3.8, 4) is 0 Å². The molecule has 0 amide bonds. The summed E-state index contributed by atoms with van der Waals surface area (Å²) in [5.41, 5.74) is 1.22. The highest BCUT2D eigenvalue weighted by molar-refractivity contribution is 5.85. The minimum Gasteiger partial charge on any atom is -0.478 e. The minimum absolute atomic E-state index is 0.293. The SMILES string of the molecule is C=C(CCN(CC)CC)C(=O)O.C=Cc1ccccn1. The van der Waals surface area contributed by atoms with Gasteiger partial charge in [0.05, 0.1) is 5.69 Å². The van der Waals surface area contributed by atoms with Crippen LogP contribution < -0.4 is 0 Å². The Morgan fingerprint density at radius 2 is 2.05 bits per heavy atom. The number of carboxylic acid groups (broad SMARTS) is 1. The maximum atomic E-state index is 10.4. The van der Waals surface area contributed by atoms with Crippen LogP contribution in [0.5, 0.6) is 0 Å². The van der Waals surface area contributed by atoms with Gasteiger partial charge < -0.3 is 10.0 Å². The molecule has 0 bridgehead atoms. The molecule has 0 atom stereocenters. The van der Waals surface area contributed by atoms with E-state index in [1.54, 1.807) is 12.3 Å². The summed E-state index contributed by atoms with van der Waals surface area (Å²) in [6.45, 7) is 13.9. The van der Waals surface area contributed by atoms with Crippen molar-refractivity contribution in [1.29, 1.82) is 0 Å². The van der Waals surface area contributed by atoms with E-state index in [2.05, 4.69) is 36.9 Å². The molecule has 0 aromatic carbocycles. The number of carbonyl (C=O) groups is 1. The minimum atomic E-state index is -0.887. The van der Waals surface area contributed by atoms with Crippen LogP contribution in [-0.2, 0) is 4.79 Å². The van der Waals surface area contributed by atoms with E-state index < -0.39 is 5.97 Å². The second kappa shape index (κ2) is 10.9. The second-order valence-electron chi connectivity index (χ2n) is 4.14. The third-order valence-corrected chi connectivity index (χ3v) is 2.82. The molecule has 0 radical (unpaired) electrons. The summed E-state index contributed by atoms with van der Waals surface area (Å²) >= 11 is 0. The lowest BCUT2D eigenvalue weighted by Gasteiger charge is -2.17. The Hall–Kier alpha value is -1.94. The normalized spacial score (nSPS) is 9.55. The highest BCUT2D eigenvalue weighted by Gasteiger charge is 2.05. The maximum Gasteiger partial charge on any atom is 0.331 e. The number of nitrogens with zero attached hydrogens (tertiary/aromatic N) is 2. The van der Waals surface area contributed by atoms with Gasteiger partial charge in [-0.1, -0.05) is 33.1 Å². The third-order valence-electron chi connectivity index (χ3n) is 2.82. The molecule has 1 aromatic rings. The van der Waals surface area contributed by atoms with E-state index in [1.165, 1.54) is 0 Å². The molecule has 0 aliphatic carbocycles. The van der Waals surface area contributed by atoms with Gasteiger partial charge in [-0.25, -0.2) is 4.79 Å².